The molecule has 3 heterocycles. The first-order chi connectivity index (χ1) is 11.6. The Morgan fingerprint density at radius 1 is 1.38 bits per heavy atom. The van der Waals surface area contributed by atoms with Gasteiger partial charge in [0.25, 0.3) is 5.91 Å². The van der Waals surface area contributed by atoms with Gasteiger partial charge < -0.3 is 9.73 Å². The molecule has 4 aromatic rings. The molecule has 0 saturated carbocycles. The average Bonchev–Trinajstić information content (AvgIpc) is 3.24. The predicted octanol–water partition coefficient (Wildman–Crippen LogP) is 3.98. The van der Waals surface area contributed by atoms with E-state index in [2.05, 4.69) is 20.5 Å². The fourth-order valence-corrected chi connectivity index (χ4v) is 3.27. The Kier molecular flexibility index (Phi) is 3.39. The molecule has 4 rings (SSSR count). The zero-order valence-corrected chi connectivity index (χ0v) is 13.3. The summed E-state index contributed by atoms with van der Waals surface area (Å²) in [5.41, 5.74) is 0.992. The van der Waals surface area contributed by atoms with Crippen LogP contribution in [0.3, 0.4) is 0 Å². The van der Waals surface area contributed by atoms with Gasteiger partial charge in [-0.05, 0) is 31.2 Å². The van der Waals surface area contributed by atoms with E-state index in [0.717, 1.165) is 20.9 Å². The summed E-state index contributed by atoms with van der Waals surface area (Å²) in [6, 6.07) is 7.34. The van der Waals surface area contributed by atoms with E-state index in [1.54, 1.807) is 6.20 Å². The van der Waals surface area contributed by atoms with E-state index in [-0.39, 0.29) is 5.56 Å². The highest BCUT2D eigenvalue weighted by Crippen LogP contribution is 2.36. The summed E-state index contributed by atoms with van der Waals surface area (Å²) in [7, 11) is 0. The largest absolute Gasteiger partial charge is 0.441 e. The van der Waals surface area contributed by atoms with Crippen LogP contribution >= 0.6 is 11.3 Å². The highest BCUT2D eigenvalue weighted by Gasteiger charge is 2.16. The lowest BCUT2D eigenvalue weighted by atomic mass is 10.2. The number of nitrogens with one attached hydrogen (secondary N) is 2. The Hall–Kier alpha value is -3.00. The second-order valence-electron chi connectivity index (χ2n) is 5.17. The Morgan fingerprint density at radius 3 is 3.00 bits per heavy atom. The van der Waals surface area contributed by atoms with E-state index < -0.39 is 11.7 Å². The third kappa shape index (κ3) is 2.56. The number of carbonyl (C=O) groups excluding carboxylic acids is 1. The van der Waals surface area contributed by atoms with Gasteiger partial charge in [0.05, 0.1) is 21.3 Å². The van der Waals surface area contributed by atoms with Gasteiger partial charge in [0.1, 0.15) is 11.6 Å². The maximum Gasteiger partial charge on any atom is 0.257 e. The summed E-state index contributed by atoms with van der Waals surface area (Å²) in [5, 5.41) is 9.64. The fourth-order valence-electron chi connectivity index (χ4n) is 2.29. The number of rotatable bonds is 3. The molecule has 0 bridgehead atoms. The SMILES string of the molecule is Cc1cnc(-c2cc3[nH]nc(NC(=O)c4cccc(F)c4)c3s2)o1. The molecule has 6 nitrogen and oxygen atoms in total. The monoisotopic (exact) mass is 342 g/mol. The maximum atomic E-state index is 13.2. The van der Waals surface area contributed by atoms with Crippen molar-refractivity contribution in [2.75, 3.05) is 5.32 Å². The summed E-state index contributed by atoms with van der Waals surface area (Å²) in [4.78, 5) is 17.2. The number of nitrogens with zero attached hydrogens (tertiary/aromatic N) is 2. The predicted molar refractivity (Wildman–Crippen MR) is 88.6 cm³/mol. The van der Waals surface area contributed by atoms with Gasteiger partial charge in [-0.1, -0.05) is 6.07 Å². The van der Waals surface area contributed by atoms with Crippen LogP contribution in [-0.4, -0.2) is 21.1 Å². The average molecular weight is 342 g/mol. The second-order valence-corrected chi connectivity index (χ2v) is 6.22. The number of aryl methyl sites for hydroxylation is 1. The van der Waals surface area contributed by atoms with Crippen LogP contribution in [0, 0.1) is 12.7 Å². The molecule has 0 aliphatic carbocycles. The normalized spacial score (nSPS) is 11.1. The molecule has 1 amide bonds. The van der Waals surface area contributed by atoms with Crippen LogP contribution in [0.2, 0.25) is 0 Å². The third-order valence-electron chi connectivity index (χ3n) is 3.39. The van der Waals surface area contributed by atoms with E-state index >= 15 is 0 Å². The number of H-pyrrole nitrogens is 1. The summed E-state index contributed by atoms with van der Waals surface area (Å²) < 4.78 is 19.5. The molecule has 120 valence electrons. The van der Waals surface area contributed by atoms with Crippen LogP contribution < -0.4 is 5.32 Å². The number of fused-ring (bicyclic) bond motifs is 1. The fraction of sp³-hybridized carbons (Fsp3) is 0.0625. The summed E-state index contributed by atoms with van der Waals surface area (Å²) >= 11 is 1.40. The van der Waals surface area contributed by atoms with Crippen LogP contribution in [-0.2, 0) is 0 Å². The quantitative estimate of drug-likeness (QED) is 0.590. The maximum absolute atomic E-state index is 13.2. The molecule has 3 aromatic heterocycles. The summed E-state index contributed by atoms with van der Waals surface area (Å²) in [6.07, 6.45) is 1.65. The molecular weight excluding hydrogens is 331 g/mol. The minimum absolute atomic E-state index is 0.228. The molecule has 0 spiro atoms. The third-order valence-corrected chi connectivity index (χ3v) is 4.52. The van der Waals surface area contributed by atoms with E-state index in [1.807, 2.05) is 13.0 Å². The number of benzene rings is 1. The number of oxazole rings is 1. The Labute approximate surface area is 139 Å². The van der Waals surface area contributed by atoms with Gasteiger partial charge in [-0.15, -0.1) is 11.3 Å². The zero-order valence-electron chi connectivity index (χ0n) is 12.5. The first-order valence-electron chi connectivity index (χ1n) is 7.08. The van der Waals surface area contributed by atoms with Crippen molar-refractivity contribution in [3.63, 3.8) is 0 Å². The standard InChI is InChI=1S/C16H11FN4O2S/c1-8-7-18-16(23-8)12-6-11-13(24-12)14(21-20-11)19-15(22)9-3-2-4-10(17)5-9/h2-7H,1H3,(H2,19,20,21,22). The number of aromatic amines is 1. The Bertz CT molecular complexity index is 1050. The molecular formula is C16H11FN4O2S. The van der Waals surface area contributed by atoms with Crippen LogP contribution in [0.15, 0.2) is 40.9 Å². The molecule has 8 heteroatoms. The second kappa shape index (κ2) is 5.57. The molecule has 0 fully saturated rings. The van der Waals surface area contributed by atoms with E-state index in [1.165, 1.54) is 35.6 Å². The number of hydrogen-bond donors (Lipinski definition) is 2. The number of hydrogen-bond acceptors (Lipinski definition) is 5. The highest BCUT2D eigenvalue weighted by atomic mass is 32.1. The highest BCUT2D eigenvalue weighted by molar-refractivity contribution is 7.22. The number of anilines is 1. The molecule has 0 aliphatic heterocycles. The first kappa shape index (κ1) is 14.6. The van der Waals surface area contributed by atoms with Gasteiger partial charge in [0.2, 0.25) is 5.89 Å². The van der Waals surface area contributed by atoms with Gasteiger partial charge in [0.15, 0.2) is 5.82 Å². The minimum Gasteiger partial charge on any atom is -0.441 e. The lowest BCUT2D eigenvalue weighted by Gasteiger charge is -2.01. The van der Waals surface area contributed by atoms with Crippen molar-refractivity contribution in [1.29, 1.82) is 0 Å². The van der Waals surface area contributed by atoms with Gasteiger partial charge in [-0.25, -0.2) is 9.37 Å². The van der Waals surface area contributed by atoms with Crippen LogP contribution in [0.4, 0.5) is 10.2 Å². The van der Waals surface area contributed by atoms with Crippen LogP contribution in [0.1, 0.15) is 16.1 Å². The molecule has 0 atom stereocenters. The van der Waals surface area contributed by atoms with Crippen LogP contribution in [0.25, 0.3) is 21.0 Å². The number of carbonyl (C=O) groups is 1. The van der Waals surface area contributed by atoms with Crippen molar-refractivity contribution in [3.05, 3.63) is 53.7 Å². The van der Waals surface area contributed by atoms with Crippen molar-refractivity contribution in [1.82, 2.24) is 15.2 Å². The lowest BCUT2D eigenvalue weighted by molar-refractivity contribution is 0.102. The lowest BCUT2D eigenvalue weighted by Crippen LogP contribution is -2.12. The van der Waals surface area contributed by atoms with Crippen molar-refractivity contribution in [2.24, 2.45) is 0 Å². The van der Waals surface area contributed by atoms with E-state index in [0.29, 0.717) is 11.7 Å². The van der Waals surface area contributed by atoms with Crippen molar-refractivity contribution < 1.29 is 13.6 Å². The Balaban J connectivity index is 1.65. The van der Waals surface area contributed by atoms with Gasteiger partial charge in [-0.2, -0.15) is 5.10 Å². The topological polar surface area (TPSA) is 83.8 Å². The van der Waals surface area contributed by atoms with Crippen molar-refractivity contribution in [3.8, 4) is 10.8 Å². The first-order valence-corrected chi connectivity index (χ1v) is 7.89. The molecule has 0 saturated heterocycles. The van der Waals surface area contributed by atoms with E-state index in [4.69, 9.17) is 4.42 Å². The van der Waals surface area contributed by atoms with E-state index in [9.17, 15) is 9.18 Å². The van der Waals surface area contributed by atoms with Crippen molar-refractivity contribution in [2.45, 2.75) is 6.92 Å². The van der Waals surface area contributed by atoms with Gasteiger partial charge >= 0.3 is 0 Å². The van der Waals surface area contributed by atoms with Crippen molar-refractivity contribution >= 4 is 33.3 Å². The molecule has 24 heavy (non-hydrogen) atoms. The Morgan fingerprint density at radius 2 is 2.25 bits per heavy atom. The molecule has 0 unspecified atom stereocenters. The smallest absolute Gasteiger partial charge is 0.257 e. The molecule has 0 aliphatic rings. The minimum atomic E-state index is -0.465. The van der Waals surface area contributed by atoms with Gasteiger partial charge in [0, 0.05) is 5.56 Å². The zero-order chi connectivity index (χ0) is 16.7. The summed E-state index contributed by atoms with van der Waals surface area (Å²) in [5.74, 6) is 0.737. The van der Waals surface area contributed by atoms with Crippen LogP contribution in [0.5, 0.6) is 0 Å². The molecule has 1 aromatic carbocycles. The number of thiophene rings is 1. The summed E-state index contributed by atoms with van der Waals surface area (Å²) in [6.45, 7) is 1.82. The molecule has 2 N–H and O–H groups in total. The van der Waals surface area contributed by atoms with Gasteiger partial charge in [-0.3, -0.25) is 9.89 Å². The molecule has 0 radical (unpaired) electrons. The number of amides is 1. The number of aromatic nitrogens is 3. The number of halogens is 1.